The zero-order valence-electron chi connectivity index (χ0n) is 17.1. The predicted molar refractivity (Wildman–Crippen MR) is 118 cm³/mol. The van der Waals surface area contributed by atoms with Crippen LogP contribution in [0.3, 0.4) is 0 Å². The van der Waals surface area contributed by atoms with Crippen molar-refractivity contribution in [2.45, 2.75) is 5.92 Å². The number of benzene rings is 3. The third-order valence-electron chi connectivity index (χ3n) is 5.20. The van der Waals surface area contributed by atoms with E-state index in [0.717, 1.165) is 5.56 Å². The van der Waals surface area contributed by atoms with E-state index in [4.69, 9.17) is 4.74 Å². The molecule has 0 spiro atoms. The van der Waals surface area contributed by atoms with Gasteiger partial charge in [-0.2, -0.15) is 0 Å². The Morgan fingerprint density at radius 3 is 2.13 bits per heavy atom. The summed E-state index contributed by atoms with van der Waals surface area (Å²) >= 11 is 0. The number of methoxy groups -OCH3 is 1. The number of amides is 1. The van der Waals surface area contributed by atoms with Crippen LogP contribution < -0.4 is 5.32 Å². The van der Waals surface area contributed by atoms with Crippen molar-refractivity contribution in [3.8, 4) is 23.0 Å². The van der Waals surface area contributed by atoms with Crippen molar-refractivity contribution in [2.24, 2.45) is 0 Å². The number of hydrogen-bond donors (Lipinski definition) is 1. The summed E-state index contributed by atoms with van der Waals surface area (Å²) in [7, 11) is 1.34. The molecule has 31 heavy (non-hydrogen) atoms. The topological polar surface area (TPSA) is 64.6 Å². The highest BCUT2D eigenvalue weighted by atomic mass is 16.5. The first kappa shape index (κ1) is 20.2. The summed E-state index contributed by atoms with van der Waals surface area (Å²) in [6, 6.07) is 23.2. The maximum Gasteiger partial charge on any atom is 0.407 e. The second-order valence-electron chi connectivity index (χ2n) is 7.05. The molecule has 1 aliphatic rings. The van der Waals surface area contributed by atoms with Gasteiger partial charge in [0.25, 0.3) is 0 Å². The second-order valence-corrected chi connectivity index (χ2v) is 7.05. The van der Waals surface area contributed by atoms with Gasteiger partial charge in [0.05, 0.1) is 19.2 Å². The number of nitrogens with one attached hydrogen (secondary N) is 1. The van der Waals surface area contributed by atoms with Crippen molar-refractivity contribution in [1.29, 1.82) is 0 Å². The monoisotopic (exact) mass is 411 g/mol. The minimum absolute atomic E-state index is 0.0255. The van der Waals surface area contributed by atoms with Gasteiger partial charge < -0.3 is 14.8 Å². The van der Waals surface area contributed by atoms with Crippen LogP contribution >= 0.6 is 0 Å². The SMILES string of the molecule is COC(=O)c1ccc(C#CCNC(=O)OCC2c3ccccc3-c3ccccc32)cc1. The van der Waals surface area contributed by atoms with E-state index in [9.17, 15) is 9.59 Å². The molecule has 0 saturated carbocycles. The molecule has 5 nitrogen and oxygen atoms in total. The fraction of sp³-hybridized carbons (Fsp3) is 0.154. The lowest BCUT2D eigenvalue weighted by Gasteiger charge is -2.14. The summed E-state index contributed by atoms with van der Waals surface area (Å²) in [6.45, 7) is 0.428. The Morgan fingerprint density at radius 2 is 1.52 bits per heavy atom. The van der Waals surface area contributed by atoms with Gasteiger partial charge in [-0.05, 0) is 46.5 Å². The van der Waals surface area contributed by atoms with E-state index < -0.39 is 12.1 Å². The van der Waals surface area contributed by atoms with Crippen LogP contribution in [0.5, 0.6) is 0 Å². The van der Waals surface area contributed by atoms with E-state index in [1.54, 1.807) is 24.3 Å². The molecule has 0 unspecified atom stereocenters. The highest BCUT2D eigenvalue weighted by Gasteiger charge is 2.28. The first-order chi connectivity index (χ1) is 15.2. The highest BCUT2D eigenvalue weighted by molar-refractivity contribution is 5.89. The molecule has 4 rings (SSSR count). The Bertz CT molecular complexity index is 1130. The summed E-state index contributed by atoms with van der Waals surface area (Å²) in [5.74, 6) is 5.44. The molecule has 0 heterocycles. The molecule has 1 aliphatic carbocycles. The zero-order chi connectivity index (χ0) is 21.6. The van der Waals surface area contributed by atoms with Crippen LogP contribution in [0.2, 0.25) is 0 Å². The fourth-order valence-corrected chi connectivity index (χ4v) is 3.72. The van der Waals surface area contributed by atoms with Crippen molar-refractivity contribution >= 4 is 12.1 Å². The molecule has 1 amide bonds. The summed E-state index contributed by atoms with van der Waals surface area (Å²) in [4.78, 5) is 23.6. The van der Waals surface area contributed by atoms with E-state index in [1.165, 1.54) is 29.4 Å². The van der Waals surface area contributed by atoms with Crippen molar-refractivity contribution in [3.63, 3.8) is 0 Å². The van der Waals surface area contributed by atoms with Gasteiger partial charge in [-0.25, -0.2) is 9.59 Å². The summed E-state index contributed by atoms with van der Waals surface area (Å²) in [6.07, 6.45) is -0.503. The molecule has 0 aliphatic heterocycles. The molecule has 3 aromatic rings. The van der Waals surface area contributed by atoms with Crippen molar-refractivity contribution in [3.05, 3.63) is 95.1 Å². The molecule has 1 N–H and O–H groups in total. The molecule has 0 aromatic heterocycles. The van der Waals surface area contributed by atoms with E-state index in [1.807, 2.05) is 24.3 Å². The maximum atomic E-state index is 12.1. The molecular formula is C26H21NO4. The van der Waals surface area contributed by atoms with Crippen LogP contribution in [0.1, 0.15) is 33.0 Å². The Balaban J connectivity index is 1.31. The fourth-order valence-electron chi connectivity index (χ4n) is 3.72. The lowest BCUT2D eigenvalue weighted by molar-refractivity contribution is 0.0600. The quantitative estimate of drug-likeness (QED) is 0.512. The average molecular weight is 411 g/mol. The van der Waals surface area contributed by atoms with E-state index in [-0.39, 0.29) is 19.1 Å². The Morgan fingerprint density at radius 1 is 0.903 bits per heavy atom. The number of fused-ring (bicyclic) bond motifs is 3. The normalized spacial score (nSPS) is 11.5. The summed E-state index contributed by atoms with van der Waals surface area (Å²) in [5, 5.41) is 2.65. The second kappa shape index (κ2) is 9.19. The van der Waals surface area contributed by atoms with Gasteiger partial charge in [-0.1, -0.05) is 60.4 Å². The molecule has 0 bridgehead atoms. The van der Waals surface area contributed by atoms with E-state index >= 15 is 0 Å². The molecule has 154 valence electrons. The molecule has 0 saturated heterocycles. The predicted octanol–water partition coefficient (Wildman–Crippen LogP) is 4.36. The van der Waals surface area contributed by atoms with Gasteiger partial charge in [0.15, 0.2) is 0 Å². The van der Waals surface area contributed by atoms with Crippen LogP contribution in [-0.2, 0) is 9.47 Å². The van der Waals surface area contributed by atoms with Crippen LogP contribution in [0.15, 0.2) is 72.8 Å². The Hall–Kier alpha value is -4.04. The lowest BCUT2D eigenvalue weighted by Crippen LogP contribution is -2.26. The maximum absolute atomic E-state index is 12.1. The number of hydrogen-bond acceptors (Lipinski definition) is 4. The smallest absolute Gasteiger partial charge is 0.407 e. The first-order valence-electron chi connectivity index (χ1n) is 9.93. The van der Waals surface area contributed by atoms with Crippen molar-refractivity contribution < 1.29 is 19.1 Å². The Labute approximate surface area is 181 Å². The third-order valence-corrected chi connectivity index (χ3v) is 5.20. The number of esters is 1. The third kappa shape index (κ3) is 4.44. The van der Waals surface area contributed by atoms with Gasteiger partial charge in [-0.3, -0.25) is 0 Å². The average Bonchev–Trinajstić information content (AvgIpc) is 3.14. The minimum atomic E-state index is -0.503. The van der Waals surface area contributed by atoms with Gasteiger partial charge in [0.1, 0.15) is 6.61 Å². The van der Waals surface area contributed by atoms with Crippen LogP contribution in [-0.4, -0.2) is 32.3 Å². The number of carbonyl (C=O) groups is 2. The van der Waals surface area contributed by atoms with Crippen LogP contribution in [0.4, 0.5) is 4.79 Å². The van der Waals surface area contributed by atoms with Crippen molar-refractivity contribution in [2.75, 3.05) is 20.3 Å². The molecule has 0 radical (unpaired) electrons. The minimum Gasteiger partial charge on any atom is -0.465 e. The molecular weight excluding hydrogens is 390 g/mol. The number of alkyl carbamates (subject to hydrolysis) is 1. The molecule has 5 heteroatoms. The van der Waals surface area contributed by atoms with E-state index in [2.05, 4.69) is 46.2 Å². The van der Waals surface area contributed by atoms with Gasteiger partial charge >= 0.3 is 12.1 Å². The number of carbonyl (C=O) groups excluding carboxylic acids is 2. The van der Waals surface area contributed by atoms with Gasteiger partial charge in [0.2, 0.25) is 0 Å². The number of rotatable bonds is 4. The van der Waals surface area contributed by atoms with E-state index in [0.29, 0.717) is 5.56 Å². The molecule has 0 fully saturated rings. The van der Waals surface area contributed by atoms with Gasteiger partial charge in [-0.15, -0.1) is 0 Å². The largest absolute Gasteiger partial charge is 0.465 e. The first-order valence-corrected chi connectivity index (χ1v) is 9.93. The van der Waals surface area contributed by atoms with Crippen LogP contribution in [0, 0.1) is 11.8 Å². The lowest BCUT2D eigenvalue weighted by atomic mass is 9.98. The number of ether oxygens (including phenoxy) is 2. The summed E-state index contributed by atoms with van der Waals surface area (Å²) in [5.41, 5.74) is 5.93. The van der Waals surface area contributed by atoms with Gasteiger partial charge in [0, 0.05) is 11.5 Å². The summed E-state index contributed by atoms with van der Waals surface area (Å²) < 4.78 is 10.1. The molecule has 3 aromatic carbocycles. The highest BCUT2D eigenvalue weighted by Crippen LogP contribution is 2.44. The zero-order valence-corrected chi connectivity index (χ0v) is 17.1. The van der Waals surface area contributed by atoms with Crippen LogP contribution in [0.25, 0.3) is 11.1 Å². The molecule has 0 atom stereocenters. The van der Waals surface area contributed by atoms with Crippen molar-refractivity contribution in [1.82, 2.24) is 5.32 Å². The Kier molecular flexibility index (Phi) is 6.00. The standard InChI is InChI=1S/C26H21NO4/c1-30-25(28)19-14-12-18(13-15-19)7-6-16-27-26(29)31-17-24-22-10-4-2-8-20(22)21-9-3-5-11-23(21)24/h2-5,8-15,24H,16-17H2,1H3,(H,27,29).